The molecule has 0 saturated carbocycles. The van der Waals surface area contributed by atoms with E-state index in [2.05, 4.69) is 42.4 Å². The molecule has 4 rings (SSSR count). The molecule has 1 aliphatic rings. The summed E-state index contributed by atoms with van der Waals surface area (Å²) in [7, 11) is 0. The van der Waals surface area contributed by atoms with E-state index < -0.39 is 0 Å². The molecule has 0 amide bonds. The zero-order valence-electron chi connectivity index (χ0n) is 15.7. The van der Waals surface area contributed by atoms with E-state index in [4.69, 9.17) is 12.2 Å². The molecular weight excluding hydrogens is 368 g/mol. The molecule has 0 unspecified atom stereocenters. The standard InChI is InChI=1S/C21H22N6S/c1-16(18-8-4-6-17-7-5-11-23-20(17)18)24-25-21(28)27-14-12-26(13-15-27)19-9-2-3-10-22-19/h2-11H,12-15H2,1H3,(H,25,28)/b24-16-. The van der Waals surface area contributed by atoms with Crippen LogP contribution in [0.5, 0.6) is 0 Å². The molecule has 3 aromatic rings. The number of anilines is 1. The lowest BCUT2D eigenvalue weighted by Gasteiger charge is -2.36. The van der Waals surface area contributed by atoms with Crippen LogP contribution in [0.2, 0.25) is 0 Å². The lowest BCUT2D eigenvalue weighted by Crippen LogP contribution is -2.51. The first-order valence-electron chi connectivity index (χ1n) is 9.32. The van der Waals surface area contributed by atoms with Gasteiger partial charge in [-0.3, -0.25) is 10.4 Å². The maximum atomic E-state index is 5.55. The second kappa shape index (κ2) is 8.31. The molecule has 1 N–H and O–H groups in total. The Labute approximate surface area is 169 Å². The SMILES string of the molecule is C/C(=N/NC(=S)N1CCN(c2ccccn2)CC1)c1cccc2cccnc12. The second-order valence-corrected chi connectivity index (χ2v) is 7.04. The van der Waals surface area contributed by atoms with Crippen molar-refractivity contribution >= 4 is 39.8 Å². The quantitative estimate of drug-likeness (QED) is 0.421. The molecule has 0 radical (unpaired) electrons. The first-order chi connectivity index (χ1) is 13.7. The number of hydrazone groups is 1. The molecule has 6 nitrogen and oxygen atoms in total. The summed E-state index contributed by atoms with van der Waals surface area (Å²) in [6.07, 6.45) is 3.63. The normalized spacial score (nSPS) is 15.0. The van der Waals surface area contributed by atoms with Gasteiger partial charge in [0.1, 0.15) is 5.82 Å². The van der Waals surface area contributed by atoms with Gasteiger partial charge in [-0.2, -0.15) is 5.10 Å². The van der Waals surface area contributed by atoms with Crippen molar-refractivity contribution < 1.29 is 0 Å². The van der Waals surface area contributed by atoms with E-state index in [0.29, 0.717) is 5.11 Å². The van der Waals surface area contributed by atoms with Crippen molar-refractivity contribution in [2.75, 3.05) is 31.1 Å². The molecule has 1 aromatic carbocycles. The summed E-state index contributed by atoms with van der Waals surface area (Å²) in [5, 5.41) is 6.26. The highest BCUT2D eigenvalue weighted by molar-refractivity contribution is 7.80. The van der Waals surface area contributed by atoms with Crippen LogP contribution in [0, 0.1) is 0 Å². The number of nitrogens with zero attached hydrogens (tertiary/aromatic N) is 5. The van der Waals surface area contributed by atoms with Crippen molar-refractivity contribution in [3.8, 4) is 0 Å². The Balaban J connectivity index is 1.39. The zero-order chi connectivity index (χ0) is 19.3. The highest BCUT2D eigenvalue weighted by Crippen LogP contribution is 2.17. The van der Waals surface area contributed by atoms with Crippen molar-refractivity contribution in [1.82, 2.24) is 20.3 Å². The summed E-state index contributed by atoms with van der Waals surface area (Å²) in [5.74, 6) is 1.01. The second-order valence-electron chi connectivity index (χ2n) is 6.66. The van der Waals surface area contributed by atoms with Crippen molar-refractivity contribution in [3.63, 3.8) is 0 Å². The van der Waals surface area contributed by atoms with E-state index in [-0.39, 0.29) is 0 Å². The maximum Gasteiger partial charge on any atom is 0.189 e. The molecule has 28 heavy (non-hydrogen) atoms. The van der Waals surface area contributed by atoms with Gasteiger partial charge in [-0.1, -0.05) is 30.3 Å². The molecule has 1 saturated heterocycles. The predicted octanol–water partition coefficient (Wildman–Crippen LogP) is 3.05. The summed E-state index contributed by atoms with van der Waals surface area (Å²) >= 11 is 5.55. The van der Waals surface area contributed by atoms with Crippen LogP contribution in [-0.2, 0) is 0 Å². The van der Waals surface area contributed by atoms with Crippen LogP contribution in [-0.4, -0.2) is 51.9 Å². The van der Waals surface area contributed by atoms with Crippen LogP contribution in [0.15, 0.2) is 66.0 Å². The number of para-hydroxylation sites is 1. The number of thiocarbonyl (C=S) groups is 1. The fraction of sp³-hybridized carbons (Fsp3) is 0.238. The Morgan fingerprint density at radius 2 is 1.75 bits per heavy atom. The zero-order valence-corrected chi connectivity index (χ0v) is 16.6. The summed E-state index contributed by atoms with van der Waals surface area (Å²) in [6.45, 7) is 5.42. The number of benzene rings is 1. The minimum atomic E-state index is 0.646. The third kappa shape index (κ3) is 3.94. The van der Waals surface area contributed by atoms with E-state index in [0.717, 1.165) is 54.2 Å². The number of nitrogens with one attached hydrogen (secondary N) is 1. The first-order valence-corrected chi connectivity index (χ1v) is 9.72. The number of piperazine rings is 1. The van der Waals surface area contributed by atoms with Gasteiger partial charge in [-0.05, 0) is 37.3 Å². The fourth-order valence-corrected chi connectivity index (χ4v) is 3.57. The Kier molecular flexibility index (Phi) is 5.43. The molecule has 0 spiro atoms. The predicted molar refractivity (Wildman–Crippen MR) is 118 cm³/mol. The topological polar surface area (TPSA) is 56.7 Å². The van der Waals surface area contributed by atoms with E-state index in [9.17, 15) is 0 Å². The van der Waals surface area contributed by atoms with Crippen LogP contribution in [0.1, 0.15) is 12.5 Å². The van der Waals surface area contributed by atoms with Gasteiger partial charge in [0.25, 0.3) is 0 Å². The molecular formula is C21H22N6S. The van der Waals surface area contributed by atoms with E-state index >= 15 is 0 Å². The lowest BCUT2D eigenvalue weighted by molar-refractivity contribution is 0.380. The number of rotatable bonds is 3. The van der Waals surface area contributed by atoms with Crippen LogP contribution in [0.25, 0.3) is 10.9 Å². The maximum absolute atomic E-state index is 5.55. The first kappa shape index (κ1) is 18.3. The van der Waals surface area contributed by atoms with Crippen molar-refractivity contribution in [2.24, 2.45) is 5.10 Å². The van der Waals surface area contributed by atoms with Gasteiger partial charge in [-0.25, -0.2) is 4.98 Å². The molecule has 0 bridgehead atoms. The van der Waals surface area contributed by atoms with Gasteiger partial charge < -0.3 is 9.80 Å². The number of pyridine rings is 2. The Morgan fingerprint density at radius 1 is 0.964 bits per heavy atom. The lowest BCUT2D eigenvalue weighted by atomic mass is 10.1. The largest absolute Gasteiger partial charge is 0.353 e. The van der Waals surface area contributed by atoms with E-state index in [1.54, 1.807) is 6.20 Å². The number of hydrogen-bond acceptors (Lipinski definition) is 5. The highest BCUT2D eigenvalue weighted by atomic mass is 32.1. The number of aromatic nitrogens is 2. The number of hydrogen-bond donors (Lipinski definition) is 1. The van der Waals surface area contributed by atoms with Gasteiger partial charge in [0.15, 0.2) is 5.11 Å². The molecule has 7 heteroatoms. The summed E-state index contributed by atoms with van der Waals surface area (Å²) in [6, 6.07) is 16.1. The van der Waals surface area contributed by atoms with E-state index in [1.165, 1.54) is 0 Å². The molecule has 1 fully saturated rings. The average molecular weight is 391 g/mol. The monoisotopic (exact) mass is 390 g/mol. The van der Waals surface area contributed by atoms with Gasteiger partial charge in [0.05, 0.1) is 11.2 Å². The molecule has 0 atom stereocenters. The van der Waals surface area contributed by atoms with Crippen LogP contribution in [0.4, 0.5) is 5.82 Å². The van der Waals surface area contributed by atoms with Gasteiger partial charge >= 0.3 is 0 Å². The minimum Gasteiger partial charge on any atom is -0.353 e. The summed E-state index contributed by atoms with van der Waals surface area (Å²) in [5.41, 5.74) is 5.87. The average Bonchev–Trinajstić information content (AvgIpc) is 2.77. The van der Waals surface area contributed by atoms with Crippen molar-refractivity contribution in [3.05, 3.63) is 66.5 Å². The Bertz CT molecular complexity index is 991. The Hall–Kier alpha value is -3.06. The van der Waals surface area contributed by atoms with Crippen LogP contribution < -0.4 is 10.3 Å². The van der Waals surface area contributed by atoms with Crippen LogP contribution in [0.3, 0.4) is 0 Å². The highest BCUT2D eigenvalue weighted by Gasteiger charge is 2.19. The van der Waals surface area contributed by atoms with Crippen LogP contribution >= 0.6 is 12.2 Å². The molecule has 142 valence electrons. The molecule has 3 heterocycles. The smallest absolute Gasteiger partial charge is 0.189 e. The third-order valence-corrected chi connectivity index (χ3v) is 5.23. The fourth-order valence-electron chi connectivity index (χ4n) is 3.34. The minimum absolute atomic E-state index is 0.646. The summed E-state index contributed by atoms with van der Waals surface area (Å²) < 4.78 is 0. The third-order valence-electron chi connectivity index (χ3n) is 4.88. The van der Waals surface area contributed by atoms with Gasteiger partial charge in [0, 0.05) is 49.5 Å². The number of fused-ring (bicyclic) bond motifs is 1. The van der Waals surface area contributed by atoms with Crippen molar-refractivity contribution in [1.29, 1.82) is 0 Å². The summed E-state index contributed by atoms with van der Waals surface area (Å²) in [4.78, 5) is 13.3. The van der Waals surface area contributed by atoms with Crippen molar-refractivity contribution in [2.45, 2.75) is 6.92 Å². The van der Waals surface area contributed by atoms with Gasteiger partial charge in [0.2, 0.25) is 0 Å². The van der Waals surface area contributed by atoms with E-state index in [1.807, 2.05) is 49.5 Å². The molecule has 0 aliphatic carbocycles. The molecule has 2 aromatic heterocycles. The Morgan fingerprint density at radius 3 is 2.54 bits per heavy atom. The molecule has 1 aliphatic heterocycles. The van der Waals surface area contributed by atoms with Gasteiger partial charge in [-0.15, -0.1) is 0 Å².